The largest absolute Gasteiger partial charge is 0.480 e. The van der Waals surface area contributed by atoms with E-state index in [4.69, 9.17) is 0 Å². The van der Waals surface area contributed by atoms with Gasteiger partial charge in [-0.2, -0.15) is 0 Å². The van der Waals surface area contributed by atoms with Crippen molar-refractivity contribution in [1.29, 1.82) is 0 Å². The van der Waals surface area contributed by atoms with Crippen LogP contribution in [0.1, 0.15) is 54.7 Å². The quantitative estimate of drug-likeness (QED) is 0.515. The maximum atomic E-state index is 14.2. The Balaban J connectivity index is 1.43. The lowest BCUT2D eigenvalue weighted by Crippen LogP contribution is -2.63. The van der Waals surface area contributed by atoms with Crippen LogP contribution in [-0.4, -0.2) is 58.4 Å². The van der Waals surface area contributed by atoms with E-state index >= 15 is 0 Å². The van der Waals surface area contributed by atoms with E-state index in [1.165, 1.54) is 4.90 Å². The molecule has 3 aromatic carbocycles. The molecule has 1 atom stereocenters. The number of carboxylic acid groups (broad SMARTS) is 1. The first-order valence-electron chi connectivity index (χ1n) is 13.5. The highest BCUT2D eigenvalue weighted by Gasteiger charge is 2.48. The Labute approximate surface area is 223 Å². The first kappa shape index (κ1) is 25.7. The Hall–Kier alpha value is -3.93. The third-order valence-corrected chi connectivity index (χ3v) is 8.19. The van der Waals surface area contributed by atoms with Crippen LogP contribution in [0.2, 0.25) is 0 Å². The van der Waals surface area contributed by atoms with Crippen LogP contribution in [0.3, 0.4) is 0 Å². The highest BCUT2D eigenvalue weighted by atomic mass is 16.4. The first-order chi connectivity index (χ1) is 18.5. The van der Waals surface area contributed by atoms with Crippen LogP contribution in [0.15, 0.2) is 91.0 Å². The molecule has 3 aromatic rings. The number of hydrogen-bond acceptors (Lipinski definition) is 3. The lowest BCUT2D eigenvalue weighted by atomic mass is 9.68. The highest BCUT2D eigenvalue weighted by molar-refractivity contribution is 5.93. The molecule has 0 bridgehead atoms. The molecule has 196 valence electrons. The summed E-state index contributed by atoms with van der Waals surface area (Å²) < 4.78 is 0. The third kappa shape index (κ3) is 4.95. The van der Waals surface area contributed by atoms with Crippen molar-refractivity contribution in [3.8, 4) is 0 Å². The van der Waals surface area contributed by atoms with E-state index in [2.05, 4.69) is 0 Å². The van der Waals surface area contributed by atoms with Crippen molar-refractivity contribution in [2.24, 2.45) is 0 Å². The van der Waals surface area contributed by atoms with Gasteiger partial charge in [-0.05, 0) is 29.5 Å². The second kappa shape index (κ2) is 11.2. The van der Waals surface area contributed by atoms with E-state index in [9.17, 15) is 19.5 Å². The maximum Gasteiger partial charge on any atom is 0.328 e. The summed E-state index contributed by atoms with van der Waals surface area (Å²) in [4.78, 5) is 43.9. The lowest BCUT2D eigenvalue weighted by Gasteiger charge is -2.46. The molecule has 38 heavy (non-hydrogen) atoms. The van der Waals surface area contributed by atoms with E-state index in [0.717, 1.165) is 36.0 Å². The Morgan fingerprint density at radius 1 is 0.737 bits per heavy atom. The summed E-state index contributed by atoms with van der Waals surface area (Å²) in [6, 6.07) is 27.9. The van der Waals surface area contributed by atoms with Gasteiger partial charge in [0, 0.05) is 13.1 Å². The van der Waals surface area contributed by atoms with E-state index in [0.29, 0.717) is 19.4 Å². The number of benzene rings is 3. The Morgan fingerprint density at radius 2 is 1.26 bits per heavy atom. The van der Waals surface area contributed by atoms with Gasteiger partial charge in [0.05, 0.1) is 17.9 Å². The smallest absolute Gasteiger partial charge is 0.328 e. The van der Waals surface area contributed by atoms with Crippen molar-refractivity contribution in [2.75, 3.05) is 19.6 Å². The van der Waals surface area contributed by atoms with Crippen LogP contribution in [0.25, 0.3) is 0 Å². The van der Waals surface area contributed by atoms with Gasteiger partial charge in [0.2, 0.25) is 11.8 Å². The van der Waals surface area contributed by atoms with Crippen LogP contribution in [0, 0.1) is 0 Å². The number of carbonyl (C=O) groups is 3. The number of hydrogen-bond donors (Lipinski definition) is 1. The fourth-order valence-corrected chi connectivity index (χ4v) is 6.20. The Bertz CT molecular complexity index is 1220. The molecule has 1 saturated heterocycles. The molecule has 2 fully saturated rings. The number of piperazine rings is 1. The molecular weight excluding hydrogens is 476 g/mol. The molecule has 1 saturated carbocycles. The number of rotatable bonds is 6. The fourth-order valence-electron chi connectivity index (χ4n) is 6.20. The normalized spacial score (nSPS) is 19.2. The molecule has 0 radical (unpaired) electrons. The molecule has 5 rings (SSSR count). The maximum absolute atomic E-state index is 14.2. The minimum atomic E-state index is -1.09. The van der Waals surface area contributed by atoms with Crippen molar-refractivity contribution >= 4 is 17.8 Å². The van der Waals surface area contributed by atoms with Gasteiger partial charge < -0.3 is 14.9 Å². The van der Waals surface area contributed by atoms with Gasteiger partial charge in [-0.1, -0.05) is 110 Å². The minimum absolute atomic E-state index is 0.0268. The molecule has 0 aromatic heterocycles. The summed E-state index contributed by atoms with van der Waals surface area (Å²) in [6.07, 6.45) is 4.38. The first-order valence-corrected chi connectivity index (χ1v) is 13.5. The predicted octanol–water partition coefficient (Wildman–Crippen LogP) is 4.84. The molecule has 1 aliphatic carbocycles. The Kier molecular flexibility index (Phi) is 7.59. The molecule has 1 aliphatic heterocycles. The summed E-state index contributed by atoms with van der Waals surface area (Å²) in [5.41, 5.74) is 1.97. The summed E-state index contributed by atoms with van der Waals surface area (Å²) in [7, 11) is 0. The average molecular weight is 511 g/mol. The van der Waals surface area contributed by atoms with Crippen molar-refractivity contribution in [3.05, 3.63) is 108 Å². The van der Waals surface area contributed by atoms with Gasteiger partial charge in [0.1, 0.15) is 6.04 Å². The van der Waals surface area contributed by atoms with E-state index < -0.39 is 23.3 Å². The molecule has 0 unspecified atom stereocenters. The summed E-state index contributed by atoms with van der Waals surface area (Å²) in [5.74, 6) is -1.88. The molecule has 2 amide bonds. The zero-order valence-corrected chi connectivity index (χ0v) is 21.5. The second-order valence-electron chi connectivity index (χ2n) is 10.4. The van der Waals surface area contributed by atoms with E-state index in [-0.39, 0.29) is 24.9 Å². The summed E-state index contributed by atoms with van der Waals surface area (Å²) in [5, 5.41) is 10.3. The van der Waals surface area contributed by atoms with Crippen molar-refractivity contribution in [3.63, 3.8) is 0 Å². The van der Waals surface area contributed by atoms with Gasteiger partial charge in [0.15, 0.2) is 0 Å². The van der Waals surface area contributed by atoms with Crippen molar-refractivity contribution < 1.29 is 19.5 Å². The molecule has 1 N–H and O–H groups in total. The number of nitrogens with zero attached hydrogens (tertiary/aromatic N) is 2. The van der Waals surface area contributed by atoms with Crippen LogP contribution in [0.4, 0.5) is 0 Å². The van der Waals surface area contributed by atoms with Gasteiger partial charge >= 0.3 is 5.97 Å². The number of amides is 2. The van der Waals surface area contributed by atoms with Crippen molar-refractivity contribution in [1.82, 2.24) is 9.80 Å². The number of carboxylic acids is 1. The summed E-state index contributed by atoms with van der Waals surface area (Å²) >= 11 is 0. The van der Waals surface area contributed by atoms with Gasteiger partial charge in [-0.25, -0.2) is 4.79 Å². The van der Waals surface area contributed by atoms with Crippen LogP contribution in [-0.2, 0) is 19.8 Å². The topological polar surface area (TPSA) is 77.9 Å². The molecule has 0 spiro atoms. The van der Waals surface area contributed by atoms with E-state index in [1.807, 2.05) is 91.0 Å². The average Bonchev–Trinajstić information content (AvgIpc) is 2.98. The zero-order chi connectivity index (χ0) is 26.5. The van der Waals surface area contributed by atoms with E-state index in [1.54, 1.807) is 4.90 Å². The predicted molar refractivity (Wildman–Crippen MR) is 146 cm³/mol. The van der Waals surface area contributed by atoms with Gasteiger partial charge in [-0.3, -0.25) is 9.59 Å². The van der Waals surface area contributed by atoms with Crippen LogP contribution in [0.5, 0.6) is 0 Å². The van der Waals surface area contributed by atoms with Crippen LogP contribution < -0.4 is 0 Å². The monoisotopic (exact) mass is 510 g/mol. The number of carbonyl (C=O) groups excluding carboxylic acids is 2. The molecule has 1 heterocycles. The molecule has 6 nitrogen and oxygen atoms in total. The molecule has 6 heteroatoms. The SMILES string of the molecule is O=C(O)[C@@H]1CN(C(=O)C(c2ccccc2)c2ccccc2)CCN1C(=O)C1(c2ccccc2)CCCCC1. The summed E-state index contributed by atoms with van der Waals surface area (Å²) in [6.45, 7) is 0.475. The highest BCUT2D eigenvalue weighted by Crippen LogP contribution is 2.42. The Morgan fingerprint density at radius 3 is 1.79 bits per heavy atom. The number of aliphatic carboxylic acids is 1. The van der Waals surface area contributed by atoms with Gasteiger partial charge in [0.25, 0.3) is 0 Å². The lowest BCUT2D eigenvalue weighted by molar-refractivity contribution is -0.159. The van der Waals surface area contributed by atoms with Gasteiger partial charge in [-0.15, -0.1) is 0 Å². The third-order valence-electron chi connectivity index (χ3n) is 8.19. The molecular formula is C32H34N2O4. The molecule has 2 aliphatic rings. The minimum Gasteiger partial charge on any atom is -0.480 e. The fraction of sp³-hybridized carbons (Fsp3) is 0.344. The van der Waals surface area contributed by atoms with Crippen LogP contribution >= 0.6 is 0 Å². The zero-order valence-electron chi connectivity index (χ0n) is 21.5. The van der Waals surface area contributed by atoms with Crippen molar-refractivity contribution in [2.45, 2.75) is 49.5 Å². The second-order valence-corrected chi connectivity index (χ2v) is 10.4. The standard InChI is InChI=1S/C32H34N2O4/c35-29(28(24-13-5-1-6-14-24)25-15-7-2-8-16-25)33-21-22-34(27(23-33)30(36)37)31(38)32(19-11-4-12-20-32)26-17-9-3-10-18-26/h1-3,5-10,13-18,27-28H,4,11-12,19-23H2,(H,36,37)/t27-/m0/s1.